The van der Waals surface area contributed by atoms with E-state index in [9.17, 15) is 4.79 Å². The molecule has 6 nitrogen and oxygen atoms in total. The minimum atomic E-state index is -0.0238. The second kappa shape index (κ2) is 9.19. The van der Waals surface area contributed by atoms with E-state index in [4.69, 9.17) is 9.15 Å². The fraction of sp³-hybridized carbons (Fsp3) is 0.438. The van der Waals surface area contributed by atoms with Crippen molar-refractivity contribution in [2.24, 2.45) is 0 Å². The predicted molar refractivity (Wildman–Crippen MR) is 89.5 cm³/mol. The summed E-state index contributed by atoms with van der Waals surface area (Å²) < 4.78 is 11.0. The molecule has 2 aromatic rings. The van der Waals surface area contributed by atoms with E-state index in [-0.39, 0.29) is 11.7 Å². The molecule has 0 bridgehead atoms. The minimum Gasteiger partial charge on any atom is -0.494 e. The molecule has 7 heteroatoms. The van der Waals surface area contributed by atoms with Gasteiger partial charge in [-0.25, -0.2) is 0 Å². The van der Waals surface area contributed by atoms with Crippen LogP contribution < -0.4 is 10.1 Å². The number of benzene rings is 1. The van der Waals surface area contributed by atoms with Crippen molar-refractivity contribution < 1.29 is 13.9 Å². The summed E-state index contributed by atoms with van der Waals surface area (Å²) in [6.45, 7) is 5.35. The van der Waals surface area contributed by atoms with Gasteiger partial charge in [-0.1, -0.05) is 25.1 Å². The number of rotatable bonds is 9. The van der Waals surface area contributed by atoms with Gasteiger partial charge in [-0.05, 0) is 37.6 Å². The predicted octanol–water partition coefficient (Wildman–Crippen LogP) is 3.14. The van der Waals surface area contributed by atoms with Crippen molar-refractivity contribution in [2.75, 3.05) is 18.9 Å². The molecule has 0 radical (unpaired) electrons. The minimum absolute atomic E-state index is 0.0238. The van der Waals surface area contributed by atoms with Gasteiger partial charge in [0, 0.05) is 12.1 Å². The SMILES string of the molecule is CCCCNC(=O)CSc1nnc(-c2ccc(OCC)cc2)o1. The number of carbonyl (C=O) groups is 1. The number of hydrogen-bond donors (Lipinski definition) is 1. The van der Waals surface area contributed by atoms with Crippen LogP contribution in [0.1, 0.15) is 26.7 Å². The Bertz CT molecular complexity index is 613. The summed E-state index contributed by atoms with van der Waals surface area (Å²) in [6.07, 6.45) is 2.04. The highest BCUT2D eigenvalue weighted by Gasteiger charge is 2.11. The number of unbranched alkanes of at least 4 members (excludes halogenated alkanes) is 1. The van der Waals surface area contributed by atoms with Gasteiger partial charge >= 0.3 is 0 Å². The molecule has 0 fully saturated rings. The standard InChI is InChI=1S/C16H21N3O3S/c1-3-5-10-17-14(20)11-23-16-19-18-15(22-16)12-6-8-13(9-7-12)21-4-2/h6-9H,3-5,10-11H2,1-2H3,(H,17,20). The highest BCUT2D eigenvalue weighted by Crippen LogP contribution is 2.24. The molecule has 0 saturated carbocycles. The summed E-state index contributed by atoms with van der Waals surface area (Å²) in [6, 6.07) is 7.45. The molecule has 0 saturated heterocycles. The average Bonchev–Trinajstić information content (AvgIpc) is 3.03. The zero-order valence-corrected chi connectivity index (χ0v) is 14.2. The fourth-order valence-electron chi connectivity index (χ4n) is 1.83. The smallest absolute Gasteiger partial charge is 0.277 e. The molecule has 1 amide bonds. The zero-order chi connectivity index (χ0) is 16.5. The largest absolute Gasteiger partial charge is 0.494 e. The lowest BCUT2D eigenvalue weighted by Crippen LogP contribution is -2.25. The molecule has 1 aromatic carbocycles. The van der Waals surface area contributed by atoms with E-state index in [0.717, 1.165) is 24.2 Å². The van der Waals surface area contributed by atoms with Gasteiger partial charge in [0.25, 0.3) is 5.22 Å². The summed E-state index contributed by atoms with van der Waals surface area (Å²) >= 11 is 1.24. The van der Waals surface area contributed by atoms with Gasteiger partial charge in [-0.15, -0.1) is 10.2 Å². The molecule has 124 valence electrons. The molecule has 1 N–H and O–H groups in total. The lowest BCUT2D eigenvalue weighted by Gasteiger charge is -2.02. The van der Waals surface area contributed by atoms with Crippen LogP contribution in [0.15, 0.2) is 33.9 Å². The first-order chi connectivity index (χ1) is 11.2. The van der Waals surface area contributed by atoms with Crippen molar-refractivity contribution >= 4 is 17.7 Å². The van der Waals surface area contributed by atoms with Crippen molar-refractivity contribution in [2.45, 2.75) is 31.9 Å². The number of nitrogens with zero attached hydrogens (tertiary/aromatic N) is 2. The molecule has 0 aliphatic carbocycles. The van der Waals surface area contributed by atoms with E-state index < -0.39 is 0 Å². The van der Waals surface area contributed by atoms with Gasteiger partial charge in [0.2, 0.25) is 11.8 Å². The van der Waals surface area contributed by atoms with Crippen LogP contribution in [-0.4, -0.2) is 35.0 Å². The normalized spacial score (nSPS) is 10.5. The maximum atomic E-state index is 11.6. The second-order valence-electron chi connectivity index (χ2n) is 4.82. The van der Waals surface area contributed by atoms with Gasteiger partial charge < -0.3 is 14.5 Å². The van der Waals surface area contributed by atoms with Crippen molar-refractivity contribution in [1.29, 1.82) is 0 Å². The molecule has 0 aliphatic rings. The third-order valence-electron chi connectivity index (χ3n) is 3.00. The van der Waals surface area contributed by atoms with Crippen molar-refractivity contribution in [3.8, 4) is 17.2 Å². The van der Waals surface area contributed by atoms with E-state index in [1.165, 1.54) is 11.8 Å². The topological polar surface area (TPSA) is 77.2 Å². The van der Waals surface area contributed by atoms with Crippen molar-refractivity contribution in [1.82, 2.24) is 15.5 Å². The van der Waals surface area contributed by atoms with Crippen molar-refractivity contribution in [3.05, 3.63) is 24.3 Å². The van der Waals surface area contributed by atoms with E-state index in [0.29, 0.717) is 24.3 Å². The monoisotopic (exact) mass is 335 g/mol. The number of nitrogens with one attached hydrogen (secondary N) is 1. The maximum Gasteiger partial charge on any atom is 0.277 e. The van der Waals surface area contributed by atoms with E-state index >= 15 is 0 Å². The Morgan fingerprint density at radius 3 is 2.74 bits per heavy atom. The second-order valence-corrected chi connectivity index (χ2v) is 5.75. The van der Waals surface area contributed by atoms with Crippen molar-refractivity contribution in [3.63, 3.8) is 0 Å². The third kappa shape index (κ3) is 5.59. The molecule has 0 atom stereocenters. The molecule has 0 aliphatic heterocycles. The fourth-order valence-corrected chi connectivity index (χ4v) is 2.42. The van der Waals surface area contributed by atoms with E-state index in [1.54, 1.807) is 0 Å². The Morgan fingerprint density at radius 1 is 1.26 bits per heavy atom. The highest BCUT2D eigenvalue weighted by atomic mass is 32.2. The average molecular weight is 335 g/mol. The molecule has 23 heavy (non-hydrogen) atoms. The first kappa shape index (κ1) is 17.3. The Labute approximate surface area is 140 Å². The van der Waals surface area contributed by atoms with Crippen LogP contribution in [0.3, 0.4) is 0 Å². The summed E-state index contributed by atoms with van der Waals surface area (Å²) in [5, 5.41) is 11.2. The zero-order valence-electron chi connectivity index (χ0n) is 13.4. The Balaban J connectivity index is 1.86. The molecular formula is C16H21N3O3S. The maximum absolute atomic E-state index is 11.6. The van der Waals surface area contributed by atoms with Crippen LogP contribution in [-0.2, 0) is 4.79 Å². The Kier molecular flexibility index (Phi) is 6.93. The molecular weight excluding hydrogens is 314 g/mol. The van der Waals surface area contributed by atoms with Crippen LogP contribution in [0.4, 0.5) is 0 Å². The lowest BCUT2D eigenvalue weighted by atomic mass is 10.2. The van der Waals surface area contributed by atoms with E-state index in [2.05, 4.69) is 22.4 Å². The molecule has 2 rings (SSSR count). The Morgan fingerprint density at radius 2 is 2.04 bits per heavy atom. The number of carbonyl (C=O) groups excluding carboxylic acids is 1. The summed E-state index contributed by atoms with van der Waals surface area (Å²) in [7, 11) is 0. The Hall–Kier alpha value is -2.02. The van der Waals surface area contributed by atoms with Crippen LogP contribution in [0.2, 0.25) is 0 Å². The van der Waals surface area contributed by atoms with Gasteiger partial charge in [-0.2, -0.15) is 0 Å². The van der Waals surface area contributed by atoms with Gasteiger partial charge in [-0.3, -0.25) is 4.79 Å². The van der Waals surface area contributed by atoms with Crippen LogP contribution >= 0.6 is 11.8 Å². The number of aromatic nitrogens is 2. The first-order valence-electron chi connectivity index (χ1n) is 7.69. The number of hydrogen-bond acceptors (Lipinski definition) is 6. The van der Waals surface area contributed by atoms with Gasteiger partial charge in [0.1, 0.15) is 5.75 Å². The molecule has 1 heterocycles. The lowest BCUT2D eigenvalue weighted by molar-refractivity contribution is -0.118. The molecule has 0 spiro atoms. The van der Waals surface area contributed by atoms with Crippen LogP contribution in [0.25, 0.3) is 11.5 Å². The van der Waals surface area contributed by atoms with Crippen LogP contribution in [0.5, 0.6) is 5.75 Å². The van der Waals surface area contributed by atoms with Gasteiger partial charge in [0.15, 0.2) is 0 Å². The first-order valence-corrected chi connectivity index (χ1v) is 8.67. The highest BCUT2D eigenvalue weighted by molar-refractivity contribution is 7.99. The third-order valence-corrected chi connectivity index (χ3v) is 3.82. The summed E-state index contributed by atoms with van der Waals surface area (Å²) in [4.78, 5) is 11.6. The summed E-state index contributed by atoms with van der Waals surface area (Å²) in [5.41, 5.74) is 0.820. The number of amides is 1. The molecule has 0 unspecified atom stereocenters. The number of thioether (sulfide) groups is 1. The quantitative estimate of drug-likeness (QED) is 0.560. The molecule has 1 aromatic heterocycles. The summed E-state index contributed by atoms with van der Waals surface area (Å²) in [5.74, 6) is 1.48. The van der Waals surface area contributed by atoms with E-state index in [1.807, 2.05) is 31.2 Å². The van der Waals surface area contributed by atoms with Crippen LogP contribution in [0, 0.1) is 0 Å². The number of ether oxygens (including phenoxy) is 1. The van der Waals surface area contributed by atoms with Gasteiger partial charge in [0.05, 0.1) is 12.4 Å².